The third-order valence-corrected chi connectivity index (χ3v) is 4.08. The van der Waals surface area contributed by atoms with Gasteiger partial charge in [-0.3, -0.25) is 9.97 Å². The van der Waals surface area contributed by atoms with E-state index < -0.39 is 0 Å². The van der Waals surface area contributed by atoms with Gasteiger partial charge in [-0.05, 0) is 46.9 Å². The fourth-order valence-electron chi connectivity index (χ4n) is 2.47. The summed E-state index contributed by atoms with van der Waals surface area (Å²) in [5.74, 6) is 0. The van der Waals surface area contributed by atoms with Crippen LogP contribution in [0.15, 0.2) is 72.1 Å². The van der Waals surface area contributed by atoms with Crippen molar-refractivity contribution in [1.82, 2.24) is 15.3 Å². The van der Waals surface area contributed by atoms with Crippen molar-refractivity contribution < 1.29 is 0 Å². The standard InChI is InChI=1S/C19H19N3S.C2H6/c23-19-6-5-15(9-16-3-1-7-20-11-16)10-18(19)14-22-13-17-4-2-8-21-12-17;1-2/h1-8,10-12,22-23H,9,13-14H2;1-2H3. The lowest BCUT2D eigenvalue weighted by Gasteiger charge is -2.10. The number of nitrogens with zero attached hydrogens (tertiary/aromatic N) is 2. The molecule has 0 aliphatic heterocycles. The molecule has 0 aliphatic rings. The van der Waals surface area contributed by atoms with Crippen LogP contribution >= 0.6 is 12.6 Å². The third-order valence-electron chi connectivity index (χ3n) is 3.64. The van der Waals surface area contributed by atoms with Crippen LogP contribution in [-0.4, -0.2) is 9.97 Å². The number of rotatable bonds is 6. The molecule has 0 saturated carbocycles. The van der Waals surface area contributed by atoms with Gasteiger partial charge in [0.05, 0.1) is 0 Å². The summed E-state index contributed by atoms with van der Waals surface area (Å²) in [4.78, 5) is 9.31. The highest BCUT2D eigenvalue weighted by molar-refractivity contribution is 7.80. The molecule has 0 fully saturated rings. The molecule has 2 aromatic heterocycles. The molecule has 1 N–H and O–H groups in total. The Kier molecular flexibility index (Phi) is 8.16. The summed E-state index contributed by atoms with van der Waals surface area (Å²) in [7, 11) is 0. The van der Waals surface area contributed by atoms with E-state index in [1.807, 2.05) is 38.4 Å². The van der Waals surface area contributed by atoms with Gasteiger partial charge in [0.15, 0.2) is 0 Å². The summed E-state index contributed by atoms with van der Waals surface area (Å²) in [6.07, 6.45) is 8.27. The highest BCUT2D eigenvalue weighted by atomic mass is 32.1. The van der Waals surface area contributed by atoms with Crippen LogP contribution in [0.3, 0.4) is 0 Å². The Bertz CT molecular complexity index is 746. The number of hydrogen-bond donors (Lipinski definition) is 2. The first-order chi connectivity index (χ1) is 12.3. The monoisotopic (exact) mass is 351 g/mol. The lowest BCUT2D eigenvalue weighted by atomic mass is 10.0. The van der Waals surface area contributed by atoms with Crippen LogP contribution in [0.2, 0.25) is 0 Å². The van der Waals surface area contributed by atoms with Crippen molar-refractivity contribution in [3.8, 4) is 0 Å². The van der Waals surface area contributed by atoms with Crippen molar-refractivity contribution in [2.45, 2.75) is 38.3 Å². The molecular weight excluding hydrogens is 326 g/mol. The molecule has 0 atom stereocenters. The fourth-order valence-corrected chi connectivity index (χ4v) is 2.69. The van der Waals surface area contributed by atoms with Crippen LogP contribution in [0.25, 0.3) is 0 Å². The molecule has 0 radical (unpaired) electrons. The molecule has 0 aliphatic carbocycles. The van der Waals surface area contributed by atoms with E-state index in [0.29, 0.717) is 0 Å². The Morgan fingerprint density at radius 3 is 2.16 bits per heavy atom. The molecule has 130 valence electrons. The minimum atomic E-state index is 0.786. The average Bonchev–Trinajstić information content (AvgIpc) is 2.68. The van der Waals surface area contributed by atoms with Crippen LogP contribution in [0.4, 0.5) is 0 Å². The maximum absolute atomic E-state index is 4.57. The van der Waals surface area contributed by atoms with Gasteiger partial charge in [0.25, 0.3) is 0 Å². The molecule has 3 nitrogen and oxygen atoms in total. The van der Waals surface area contributed by atoms with E-state index >= 15 is 0 Å². The Balaban J connectivity index is 0.00000109. The molecule has 0 saturated heterocycles. The first-order valence-electron chi connectivity index (χ1n) is 8.60. The molecule has 0 bridgehead atoms. The predicted molar refractivity (Wildman–Crippen MR) is 107 cm³/mol. The number of pyridine rings is 2. The molecule has 2 heterocycles. The Morgan fingerprint density at radius 2 is 1.52 bits per heavy atom. The van der Waals surface area contributed by atoms with Crippen LogP contribution in [0.1, 0.15) is 36.1 Å². The Labute approximate surface area is 156 Å². The van der Waals surface area contributed by atoms with Crippen LogP contribution in [0.5, 0.6) is 0 Å². The van der Waals surface area contributed by atoms with Crippen molar-refractivity contribution in [2.75, 3.05) is 0 Å². The van der Waals surface area contributed by atoms with E-state index in [1.54, 1.807) is 12.4 Å². The minimum Gasteiger partial charge on any atom is -0.309 e. The van der Waals surface area contributed by atoms with E-state index in [0.717, 1.165) is 24.4 Å². The SMILES string of the molecule is CC.Sc1ccc(Cc2cccnc2)cc1CNCc1cccnc1. The van der Waals surface area contributed by atoms with Crippen molar-refractivity contribution >= 4 is 12.6 Å². The summed E-state index contributed by atoms with van der Waals surface area (Å²) in [5, 5.41) is 3.45. The van der Waals surface area contributed by atoms with Crippen molar-refractivity contribution in [3.05, 3.63) is 89.5 Å². The highest BCUT2D eigenvalue weighted by Crippen LogP contribution is 2.18. The molecule has 3 rings (SSSR count). The van der Waals surface area contributed by atoms with Crippen molar-refractivity contribution in [1.29, 1.82) is 0 Å². The lowest BCUT2D eigenvalue weighted by Crippen LogP contribution is -2.13. The third kappa shape index (κ3) is 6.33. The van der Waals surface area contributed by atoms with Gasteiger partial charge in [-0.2, -0.15) is 0 Å². The molecule has 0 amide bonds. The topological polar surface area (TPSA) is 37.8 Å². The number of benzene rings is 1. The van der Waals surface area contributed by atoms with E-state index in [-0.39, 0.29) is 0 Å². The highest BCUT2D eigenvalue weighted by Gasteiger charge is 2.03. The molecule has 1 aromatic carbocycles. The summed E-state index contributed by atoms with van der Waals surface area (Å²) in [6.45, 7) is 5.59. The van der Waals surface area contributed by atoms with Gasteiger partial charge in [-0.15, -0.1) is 12.6 Å². The van der Waals surface area contributed by atoms with E-state index in [9.17, 15) is 0 Å². The Morgan fingerprint density at radius 1 is 0.840 bits per heavy atom. The zero-order valence-corrected chi connectivity index (χ0v) is 15.7. The summed E-state index contributed by atoms with van der Waals surface area (Å²) in [5.41, 5.74) is 4.88. The van der Waals surface area contributed by atoms with Gasteiger partial charge in [0, 0.05) is 42.8 Å². The molecule has 3 aromatic rings. The van der Waals surface area contributed by atoms with Gasteiger partial charge in [-0.25, -0.2) is 0 Å². The zero-order valence-electron chi connectivity index (χ0n) is 14.8. The predicted octanol–water partition coefficient (Wildman–Crippen LogP) is 4.67. The number of hydrogen-bond acceptors (Lipinski definition) is 4. The van der Waals surface area contributed by atoms with Crippen LogP contribution in [0, 0.1) is 0 Å². The maximum atomic E-state index is 4.57. The van der Waals surface area contributed by atoms with E-state index in [2.05, 4.69) is 58.2 Å². The lowest BCUT2D eigenvalue weighted by molar-refractivity contribution is 0.683. The largest absolute Gasteiger partial charge is 0.309 e. The van der Waals surface area contributed by atoms with Crippen LogP contribution < -0.4 is 5.32 Å². The molecular formula is C21H25N3S. The molecule has 0 spiro atoms. The Hall–Kier alpha value is -2.17. The van der Waals surface area contributed by atoms with Crippen molar-refractivity contribution in [2.24, 2.45) is 0 Å². The first kappa shape index (κ1) is 19.2. The van der Waals surface area contributed by atoms with E-state index in [4.69, 9.17) is 0 Å². The second-order valence-electron chi connectivity index (χ2n) is 5.47. The van der Waals surface area contributed by atoms with Crippen molar-refractivity contribution in [3.63, 3.8) is 0 Å². The minimum absolute atomic E-state index is 0.786. The fraction of sp³-hybridized carbons (Fsp3) is 0.238. The second kappa shape index (κ2) is 10.6. The second-order valence-corrected chi connectivity index (χ2v) is 5.95. The molecule has 4 heteroatoms. The van der Waals surface area contributed by atoms with Gasteiger partial charge in [0.1, 0.15) is 0 Å². The molecule has 0 unspecified atom stereocenters. The maximum Gasteiger partial charge on any atom is 0.0312 e. The smallest absolute Gasteiger partial charge is 0.0312 e. The summed E-state index contributed by atoms with van der Waals surface area (Å²) in [6, 6.07) is 14.5. The summed E-state index contributed by atoms with van der Waals surface area (Å²) >= 11 is 4.57. The molecule has 25 heavy (non-hydrogen) atoms. The zero-order chi connectivity index (χ0) is 17.9. The van der Waals surface area contributed by atoms with E-state index in [1.165, 1.54) is 22.3 Å². The summed E-state index contributed by atoms with van der Waals surface area (Å²) < 4.78 is 0. The van der Waals surface area contributed by atoms with Gasteiger partial charge < -0.3 is 5.32 Å². The number of thiol groups is 1. The number of nitrogens with one attached hydrogen (secondary N) is 1. The average molecular weight is 352 g/mol. The normalized spacial score (nSPS) is 10.0. The first-order valence-corrected chi connectivity index (χ1v) is 9.05. The van der Waals surface area contributed by atoms with Crippen LogP contribution in [-0.2, 0) is 19.5 Å². The van der Waals surface area contributed by atoms with Gasteiger partial charge in [0.2, 0.25) is 0 Å². The number of aromatic nitrogens is 2. The quantitative estimate of drug-likeness (QED) is 0.634. The van der Waals surface area contributed by atoms with Gasteiger partial charge >= 0.3 is 0 Å². The van der Waals surface area contributed by atoms with Gasteiger partial charge in [-0.1, -0.05) is 38.1 Å².